The minimum absolute atomic E-state index is 0.372. The molecule has 0 spiro atoms. The molecule has 0 unspecified atom stereocenters. The van der Waals surface area contributed by atoms with E-state index in [-0.39, 0.29) is 5.97 Å². The van der Waals surface area contributed by atoms with Crippen LogP contribution in [0.3, 0.4) is 0 Å². The van der Waals surface area contributed by atoms with Crippen LogP contribution in [0, 0.1) is 5.92 Å². The SMILES string of the molecule is COC(=O)c1csc(NCC2CCC2)n1. The van der Waals surface area contributed by atoms with Gasteiger partial charge in [-0.2, -0.15) is 0 Å². The van der Waals surface area contributed by atoms with Gasteiger partial charge in [-0.25, -0.2) is 9.78 Å². The van der Waals surface area contributed by atoms with Crippen LogP contribution >= 0.6 is 11.3 Å². The average Bonchev–Trinajstić information content (AvgIpc) is 2.63. The van der Waals surface area contributed by atoms with Crippen LogP contribution in [-0.2, 0) is 4.74 Å². The van der Waals surface area contributed by atoms with E-state index in [0.29, 0.717) is 5.69 Å². The van der Waals surface area contributed by atoms with Crippen LogP contribution in [0.25, 0.3) is 0 Å². The molecule has 0 bridgehead atoms. The van der Waals surface area contributed by atoms with Crippen LogP contribution in [0.1, 0.15) is 29.8 Å². The molecule has 1 aliphatic carbocycles. The molecule has 0 aliphatic heterocycles. The highest BCUT2D eigenvalue weighted by Crippen LogP contribution is 2.27. The number of hydrogen-bond donors (Lipinski definition) is 1. The van der Waals surface area contributed by atoms with E-state index in [4.69, 9.17) is 0 Å². The van der Waals surface area contributed by atoms with Gasteiger partial charge in [-0.3, -0.25) is 0 Å². The van der Waals surface area contributed by atoms with E-state index in [1.807, 2.05) is 0 Å². The van der Waals surface area contributed by atoms with Crippen molar-refractivity contribution in [2.45, 2.75) is 19.3 Å². The molecule has 4 nitrogen and oxygen atoms in total. The molecule has 1 fully saturated rings. The summed E-state index contributed by atoms with van der Waals surface area (Å²) in [6.45, 7) is 0.966. The van der Waals surface area contributed by atoms with Gasteiger partial charge in [0.1, 0.15) is 0 Å². The van der Waals surface area contributed by atoms with Gasteiger partial charge in [-0.1, -0.05) is 6.42 Å². The smallest absolute Gasteiger partial charge is 0.357 e. The standard InChI is InChI=1S/C10H14N2O2S/c1-14-9(13)8-6-15-10(12-8)11-5-7-3-2-4-7/h6-7H,2-5H2,1H3,(H,11,12). The third kappa shape index (κ3) is 2.47. The van der Waals surface area contributed by atoms with Gasteiger partial charge in [0.05, 0.1) is 7.11 Å². The molecule has 1 N–H and O–H groups in total. The molecular weight excluding hydrogens is 212 g/mol. The van der Waals surface area contributed by atoms with Gasteiger partial charge < -0.3 is 10.1 Å². The second-order valence-electron chi connectivity index (χ2n) is 3.71. The fraction of sp³-hybridized carbons (Fsp3) is 0.600. The normalized spacial score (nSPS) is 15.8. The van der Waals surface area contributed by atoms with Crippen LogP contribution in [0.2, 0.25) is 0 Å². The first-order valence-corrected chi connectivity index (χ1v) is 5.95. The molecule has 0 aromatic carbocycles. The molecule has 5 heteroatoms. The van der Waals surface area contributed by atoms with Gasteiger partial charge in [0.2, 0.25) is 0 Å². The fourth-order valence-electron chi connectivity index (χ4n) is 1.48. The summed E-state index contributed by atoms with van der Waals surface area (Å²) in [5.74, 6) is 0.415. The van der Waals surface area contributed by atoms with Crippen molar-refractivity contribution in [2.24, 2.45) is 5.92 Å². The number of nitrogens with one attached hydrogen (secondary N) is 1. The first-order valence-electron chi connectivity index (χ1n) is 5.07. The Balaban J connectivity index is 1.86. The van der Waals surface area contributed by atoms with Crippen LogP contribution < -0.4 is 5.32 Å². The third-order valence-corrected chi connectivity index (χ3v) is 3.47. The van der Waals surface area contributed by atoms with E-state index in [1.165, 1.54) is 37.7 Å². The number of nitrogens with zero attached hydrogens (tertiary/aromatic N) is 1. The summed E-state index contributed by atoms with van der Waals surface area (Å²) in [5, 5.41) is 5.77. The van der Waals surface area contributed by atoms with Crippen molar-refractivity contribution in [2.75, 3.05) is 19.0 Å². The van der Waals surface area contributed by atoms with Crippen molar-refractivity contribution in [3.05, 3.63) is 11.1 Å². The Morgan fingerprint density at radius 3 is 3.13 bits per heavy atom. The number of thiazole rings is 1. The molecule has 0 saturated heterocycles. The number of ether oxygens (including phenoxy) is 1. The molecule has 1 aliphatic rings. The zero-order chi connectivity index (χ0) is 10.7. The van der Waals surface area contributed by atoms with Crippen LogP contribution in [0.15, 0.2) is 5.38 Å². The molecule has 0 radical (unpaired) electrons. The molecule has 1 aromatic heterocycles. The van der Waals surface area contributed by atoms with Gasteiger partial charge in [-0.05, 0) is 18.8 Å². The van der Waals surface area contributed by atoms with E-state index in [0.717, 1.165) is 17.6 Å². The Kier molecular flexibility index (Phi) is 3.20. The van der Waals surface area contributed by atoms with Crippen molar-refractivity contribution < 1.29 is 9.53 Å². The number of carbonyl (C=O) groups is 1. The molecular formula is C10H14N2O2S. The van der Waals surface area contributed by atoms with Crippen LogP contribution in [-0.4, -0.2) is 24.6 Å². The summed E-state index contributed by atoms with van der Waals surface area (Å²) in [6.07, 6.45) is 3.96. The largest absolute Gasteiger partial charge is 0.464 e. The lowest BCUT2D eigenvalue weighted by atomic mass is 9.86. The van der Waals surface area contributed by atoms with E-state index in [1.54, 1.807) is 5.38 Å². The van der Waals surface area contributed by atoms with Crippen LogP contribution in [0.5, 0.6) is 0 Å². The van der Waals surface area contributed by atoms with E-state index in [9.17, 15) is 4.79 Å². The summed E-state index contributed by atoms with van der Waals surface area (Å²) >= 11 is 1.45. The maximum absolute atomic E-state index is 11.1. The summed E-state index contributed by atoms with van der Waals surface area (Å²) in [7, 11) is 1.36. The van der Waals surface area contributed by atoms with E-state index >= 15 is 0 Å². The predicted octanol–water partition coefficient (Wildman–Crippen LogP) is 2.14. The number of anilines is 1. The molecule has 82 valence electrons. The fourth-order valence-corrected chi connectivity index (χ4v) is 2.17. The summed E-state index contributed by atoms with van der Waals surface area (Å²) < 4.78 is 4.58. The number of rotatable bonds is 4. The number of methoxy groups -OCH3 is 1. The highest BCUT2D eigenvalue weighted by Gasteiger charge is 2.17. The van der Waals surface area contributed by atoms with E-state index in [2.05, 4.69) is 15.0 Å². The second kappa shape index (κ2) is 4.61. The molecule has 1 heterocycles. The van der Waals surface area contributed by atoms with Crippen molar-refractivity contribution in [1.82, 2.24) is 4.98 Å². The Morgan fingerprint density at radius 1 is 1.73 bits per heavy atom. The minimum Gasteiger partial charge on any atom is -0.464 e. The monoisotopic (exact) mass is 226 g/mol. The molecule has 1 aromatic rings. The zero-order valence-corrected chi connectivity index (χ0v) is 9.47. The molecule has 1 saturated carbocycles. The first kappa shape index (κ1) is 10.4. The topological polar surface area (TPSA) is 51.2 Å². The maximum atomic E-state index is 11.1. The Bertz CT molecular complexity index is 347. The highest BCUT2D eigenvalue weighted by atomic mass is 32.1. The lowest BCUT2D eigenvalue weighted by Crippen LogP contribution is -2.20. The van der Waals surface area contributed by atoms with Crippen molar-refractivity contribution >= 4 is 22.4 Å². The molecule has 2 rings (SSSR count). The Morgan fingerprint density at radius 2 is 2.53 bits per heavy atom. The van der Waals surface area contributed by atoms with Crippen LogP contribution in [0.4, 0.5) is 5.13 Å². The third-order valence-electron chi connectivity index (χ3n) is 2.67. The van der Waals surface area contributed by atoms with E-state index < -0.39 is 0 Å². The van der Waals surface area contributed by atoms with Gasteiger partial charge >= 0.3 is 5.97 Å². The molecule has 0 atom stereocenters. The Hall–Kier alpha value is -1.10. The summed E-state index contributed by atoms with van der Waals surface area (Å²) in [5.41, 5.74) is 0.388. The number of esters is 1. The summed E-state index contributed by atoms with van der Waals surface area (Å²) in [4.78, 5) is 15.3. The predicted molar refractivity (Wildman–Crippen MR) is 59.3 cm³/mol. The van der Waals surface area contributed by atoms with Gasteiger partial charge in [-0.15, -0.1) is 11.3 Å². The molecule has 0 amide bonds. The van der Waals surface area contributed by atoms with Crippen molar-refractivity contribution in [3.63, 3.8) is 0 Å². The van der Waals surface area contributed by atoms with Gasteiger partial charge in [0.25, 0.3) is 0 Å². The van der Waals surface area contributed by atoms with Gasteiger partial charge in [0, 0.05) is 11.9 Å². The highest BCUT2D eigenvalue weighted by molar-refractivity contribution is 7.13. The number of hydrogen-bond acceptors (Lipinski definition) is 5. The average molecular weight is 226 g/mol. The number of aromatic nitrogens is 1. The lowest BCUT2D eigenvalue weighted by Gasteiger charge is -2.25. The lowest BCUT2D eigenvalue weighted by molar-refractivity contribution is 0.0595. The van der Waals surface area contributed by atoms with Crippen molar-refractivity contribution in [1.29, 1.82) is 0 Å². The zero-order valence-electron chi connectivity index (χ0n) is 8.66. The molecule has 15 heavy (non-hydrogen) atoms. The maximum Gasteiger partial charge on any atom is 0.357 e. The number of carbonyl (C=O) groups excluding carboxylic acids is 1. The first-order chi connectivity index (χ1) is 7.29. The minimum atomic E-state index is -0.372. The Labute approximate surface area is 92.7 Å². The summed E-state index contributed by atoms with van der Waals surface area (Å²) in [6, 6.07) is 0. The van der Waals surface area contributed by atoms with Gasteiger partial charge in [0.15, 0.2) is 10.8 Å². The van der Waals surface area contributed by atoms with Crippen molar-refractivity contribution in [3.8, 4) is 0 Å². The second-order valence-corrected chi connectivity index (χ2v) is 4.57. The quantitative estimate of drug-likeness (QED) is 0.799.